The molecular weight excluding hydrogens is 272 g/mol. The molecule has 0 N–H and O–H groups in total. The Bertz CT molecular complexity index is 543. The van der Waals surface area contributed by atoms with Crippen LogP contribution >= 0.6 is 11.8 Å². The molecule has 0 saturated heterocycles. The van der Waals surface area contributed by atoms with Gasteiger partial charge in [0.1, 0.15) is 0 Å². The number of aromatic nitrogens is 6. The molecular formula is C13H20N6S. The summed E-state index contributed by atoms with van der Waals surface area (Å²) in [6, 6.07) is 0.519. The number of thioether (sulfide) groups is 1. The smallest absolute Gasteiger partial charge is 0.209 e. The summed E-state index contributed by atoms with van der Waals surface area (Å²) in [6.07, 6.45) is 11.2. The number of nitrogens with zero attached hydrogens (tertiary/aromatic N) is 6. The van der Waals surface area contributed by atoms with Gasteiger partial charge in [-0.15, -0.1) is 5.10 Å². The lowest BCUT2D eigenvalue weighted by atomic mass is 10.2. The highest BCUT2D eigenvalue weighted by Crippen LogP contribution is 2.31. The maximum Gasteiger partial charge on any atom is 0.209 e. The molecule has 2 aromatic heterocycles. The van der Waals surface area contributed by atoms with Gasteiger partial charge >= 0.3 is 0 Å². The lowest BCUT2D eigenvalue weighted by Gasteiger charge is -2.10. The van der Waals surface area contributed by atoms with Gasteiger partial charge in [0.2, 0.25) is 5.16 Å². The van der Waals surface area contributed by atoms with Crippen LogP contribution in [0.3, 0.4) is 0 Å². The minimum Gasteiger partial charge on any atom is -0.276 e. The molecule has 1 aliphatic carbocycles. The molecule has 0 radical (unpaired) electrons. The lowest BCUT2D eigenvalue weighted by molar-refractivity contribution is 0.423. The molecule has 1 saturated carbocycles. The van der Waals surface area contributed by atoms with Gasteiger partial charge < -0.3 is 0 Å². The number of hydrogen-bond donors (Lipinski definition) is 0. The predicted molar refractivity (Wildman–Crippen MR) is 77.6 cm³/mol. The molecule has 108 valence electrons. The van der Waals surface area contributed by atoms with E-state index in [1.165, 1.54) is 31.2 Å². The SMILES string of the molecule is Cn1cc(CCCSc2nnnn2C2CCCC2)cn1. The fourth-order valence-electron chi connectivity index (χ4n) is 2.70. The summed E-state index contributed by atoms with van der Waals surface area (Å²) in [7, 11) is 1.95. The fourth-order valence-corrected chi connectivity index (χ4v) is 3.58. The highest BCUT2D eigenvalue weighted by molar-refractivity contribution is 7.99. The van der Waals surface area contributed by atoms with Gasteiger partial charge in [0.05, 0.1) is 12.2 Å². The summed E-state index contributed by atoms with van der Waals surface area (Å²) in [5.41, 5.74) is 1.29. The van der Waals surface area contributed by atoms with E-state index in [1.54, 1.807) is 11.8 Å². The average molecular weight is 292 g/mol. The minimum atomic E-state index is 0.519. The fraction of sp³-hybridized carbons (Fsp3) is 0.692. The van der Waals surface area contributed by atoms with Crippen LogP contribution in [-0.2, 0) is 13.5 Å². The van der Waals surface area contributed by atoms with E-state index in [1.807, 2.05) is 22.6 Å². The third-order valence-electron chi connectivity index (χ3n) is 3.73. The van der Waals surface area contributed by atoms with E-state index in [2.05, 4.69) is 26.8 Å². The Labute approximate surface area is 122 Å². The monoisotopic (exact) mass is 292 g/mol. The number of hydrogen-bond acceptors (Lipinski definition) is 5. The van der Waals surface area contributed by atoms with Crippen molar-refractivity contribution in [3.8, 4) is 0 Å². The molecule has 7 heteroatoms. The maximum atomic E-state index is 4.19. The van der Waals surface area contributed by atoms with Crippen LogP contribution in [0.5, 0.6) is 0 Å². The Kier molecular flexibility index (Phi) is 4.34. The van der Waals surface area contributed by atoms with Crippen LogP contribution in [0.1, 0.15) is 43.7 Å². The van der Waals surface area contributed by atoms with Crippen LogP contribution in [0.15, 0.2) is 17.6 Å². The van der Waals surface area contributed by atoms with Gasteiger partial charge in [0.15, 0.2) is 0 Å². The average Bonchev–Trinajstić information content (AvgIpc) is 3.16. The zero-order chi connectivity index (χ0) is 13.8. The van der Waals surface area contributed by atoms with E-state index < -0.39 is 0 Å². The summed E-state index contributed by atoms with van der Waals surface area (Å²) < 4.78 is 3.88. The number of tetrazole rings is 1. The van der Waals surface area contributed by atoms with Gasteiger partial charge in [-0.1, -0.05) is 24.6 Å². The third kappa shape index (κ3) is 3.20. The zero-order valence-electron chi connectivity index (χ0n) is 11.8. The van der Waals surface area contributed by atoms with Gasteiger partial charge in [-0.05, 0) is 41.7 Å². The van der Waals surface area contributed by atoms with Crippen molar-refractivity contribution < 1.29 is 0 Å². The highest BCUT2D eigenvalue weighted by Gasteiger charge is 2.21. The summed E-state index contributed by atoms with van der Waals surface area (Å²) in [4.78, 5) is 0. The molecule has 1 fully saturated rings. The van der Waals surface area contributed by atoms with E-state index in [9.17, 15) is 0 Å². The summed E-state index contributed by atoms with van der Waals surface area (Å²) in [5.74, 6) is 1.04. The summed E-state index contributed by atoms with van der Waals surface area (Å²) in [6.45, 7) is 0. The molecule has 0 spiro atoms. The number of aryl methyl sites for hydroxylation is 2. The highest BCUT2D eigenvalue weighted by atomic mass is 32.2. The van der Waals surface area contributed by atoms with Gasteiger partial charge in [0.25, 0.3) is 0 Å². The first-order valence-corrected chi connectivity index (χ1v) is 8.19. The van der Waals surface area contributed by atoms with Gasteiger partial charge in [-0.2, -0.15) is 5.10 Å². The molecule has 0 atom stereocenters. The van der Waals surface area contributed by atoms with Crippen molar-refractivity contribution in [2.45, 2.75) is 49.7 Å². The molecule has 3 rings (SSSR count). The van der Waals surface area contributed by atoms with Crippen molar-refractivity contribution in [1.82, 2.24) is 30.0 Å². The lowest BCUT2D eigenvalue weighted by Crippen LogP contribution is -2.08. The van der Waals surface area contributed by atoms with Crippen LogP contribution in [0.25, 0.3) is 0 Å². The van der Waals surface area contributed by atoms with Crippen LogP contribution < -0.4 is 0 Å². The Balaban J connectivity index is 1.47. The van der Waals surface area contributed by atoms with Crippen LogP contribution in [-0.4, -0.2) is 35.7 Å². The molecule has 1 aliphatic rings. The topological polar surface area (TPSA) is 61.4 Å². The van der Waals surface area contributed by atoms with Crippen LogP contribution in [0.2, 0.25) is 0 Å². The Morgan fingerprint density at radius 1 is 1.35 bits per heavy atom. The molecule has 6 nitrogen and oxygen atoms in total. The minimum absolute atomic E-state index is 0.519. The van der Waals surface area contributed by atoms with Gasteiger partial charge in [-0.25, -0.2) is 4.68 Å². The second-order valence-corrected chi connectivity index (χ2v) is 6.38. The van der Waals surface area contributed by atoms with Crippen LogP contribution in [0.4, 0.5) is 0 Å². The molecule has 0 unspecified atom stereocenters. The normalized spacial score (nSPS) is 16.1. The molecule has 0 aliphatic heterocycles. The van der Waals surface area contributed by atoms with Gasteiger partial charge in [-0.3, -0.25) is 4.68 Å². The second kappa shape index (κ2) is 6.39. The van der Waals surface area contributed by atoms with Crippen molar-refractivity contribution in [2.75, 3.05) is 5.75 Å². The first-order chi connectivity index (χ1) is 9.83. The maximum absolute atomic E-state index is 4.19. The van der Waals surface area contributed by atoms with Crippen molar-refractivity contribution >= 4 is 11.8 Å². The van der Waals surface area contributed by atoms with E-state index in [4.69, 9.17) is 0 Å². The van der Waals surface area contributed by atoms with Crippen molar-refractivity contribution in [2.24, 2.45) is 7.05 Å². The summed E-state index contributed by atoms with van der Waals surface area (Å²) in [5, 5.41) is 17.3. The van der Waals surface area contributed by atoms with E-state index >= 15 is 0 Å². The Hall–Kier alpha value is -1.37. The third-order valence-corrected chi connectivity index (χ3v) is 4.75. The Morgan fingerprint density at radius 3 is 2.95 bits per heavy atom. The van der Waals surface area contributed by atoms with Crippen molar-refractivity contribution in [3.05, 3.63) is 18.0 Å². The van der Waals surface area contributed by atoms with Crippen molar-refractivity contribution in [1.29, 1.82) is 0 Å². The van der Waals surface area contributed by atoms with E-state index in [-0.39, 0.29) is 0 Å². The molecule has 2 aromatic rings. The molecule has 0 aromatic carbocycles. The quantitative estimate of drug-likeness (QED) is 0.603. The predicted octanol–water partition coefficient (Wildman–Crippen LogP) is 2.25. The van der Waals surface area contributed by atoms with Crippen LogP contribution in [0, 0.1) is 0 Å². The largest absolute Gasteiger partial charge is 0.276 e. The van der Waals surface area contributed by atoms with Gasteiger partial charge in [0, 0.05) is 19.0 Å². The number of rotatable bonds is 6. The van der Waals surface area contributed by atoms with E-state index in [0.29, 0.717) is 6.04 Å². The molecule has 0 bridgehead atoms. The van der Waals surface area contributed by atoms with Crippen molar-refractivity contribution in [3.63, 3.8) is 0 Å². The molecule has 2 heterocycles. The first kappa shape index (κ1) is 13.6. The first-order valence-electron chi connectivity index (χ1n) is 7.21. The summed E-state index contributed by atoms with van der Waals surface area (Å²) >= 11 is 1.77. The Morgan fingerprint density at radius 2 is 2.20 bits per heavy atom. The van der Waals surface area contributed by atoms with E-state index in [0.717, 1.165) is 23.8 Å². The second-order valence-electron chi connectivity index (χ2n) is 5.32. The standard InChI is InChI=1S/C13H20N6S/c1-18-10-11(9-14-18)5-4-8-20-13-15-16-17-19(13)12-6-2-3-7-12/h9-10,12H,2-8H2,1H3. The zero-order valence-corrected chi connectivity index (χ0v) is 12.6. The molecule has 0 amide bonds. The molecule has 20 heavy (non-hydrogen) atoms.